The Morgan fingerprint density at radius 2 is 1.76 bits per heavy atom. The predicted molar refractivity (Wildman–Crippen MR) is 87.9 cm³/mol. The van der Waals surface area contributed by atoms with Gasteiger partial charge in [-0.15, -0.1) is 0 Å². The summed E-state index contributed by atoms with van der Waals surface area (Å²) in [7, 11) is 0. The molecule has 112 valence electrons. The second kappa shape index (κ2) is 6.89. The van der Waals surface area contributed by atoms with Crippen LogP contribution in [0, 0.1) is 6.92 Å². The topological polar surface area (TPSA) is 29.5 Å². The van der Waals surface area contributed by atoms with Gasteiger partial charge in [-0.25, -0.2) is 0 Å². The maximum absolute atomic E-state index is 10.5. The molecule has 21 heavy (non-hydrogen) atoms. The van der Waals surface area contributed by atoms with Crippen molar-refractivity contribution in [3.8, 4) is 5.75 Å². The first-order valence-electron chi connectivity index (χ1n) is 6.50. The Hall–Kier alpha value is -0.930. The standard InChI is InChI=1S/C16H15Cl3O2/c1-3-21-15-8-13(18)11(7-14(15)19)16(20)10-5-4-9(2)12(17)6-10/h4-8,16,20H,3H2,1-2H3. The van der Waals surface area contributed by atoms with Crippen LogP contribution >= 0.6 is 34.8 Å². The molecular formula is C16H15Cl3O2. The van der Waals surface area contributed by atoms with Crippen molar-refractivity contribution >= 4 is 34.8 Å². The minimum Gasteiger partial charge on any atom is -0.492 e. The molecular weight excluding hydrogens is 331 g/mol. The number of aryl methyl sites for hydroxylation is 1. The fourth-order valence-electron chi connectivity index (χ4n) is 1.98. The highest BCUT2D eigenvalue weighted by Crippen LogP contribution is 2.37. The molecule has 0 radical (unpaired) electrons. The zero-order valence-corrected chi connectivity index (χ0v) is 13.9. The second-order valence-corrected chi connectivity index (χ2v) is 5.87. The average molecular weight is 346 g/mol. The maximum Gasteiger partial charge on any atom is 0.139 e. The van der Waals surface area contributed by atoms with Crippen molar-refractivity contribution in [3.63, 3.8) is 0 Å². The summed E-state index contributed by atoms with van der Waals surface area (Å²) in [5.41, 5.74) is 2.13. The maximum atomic E-state index is 10.5. The van der Waals surface area contributed by atoms with Crippen molar-refractivity contribution in [2.75, 3.05) is 6.61 Å². The predicted octanol–water partition coefficient (Wildman–Crippen LogP) is 5.44. The van der Waals surface area contributed by atoms with E-state index in [9.17, 15) is 5.11 Å². The van der Waals surface area contributed by atoms with Gasteiger partial charge < -0.3 is 9.84 Å². The molecule has 2 rings (SSSR count). The van der Waals surface area contributed by atoms with Crippen LogP contribution in [0.15, 0.2) is 30.3 Å². The minimum atomic E-state index is -0.899. The van der Waals surface area contributed by atoms with Crippen LogP contribution in [0.5, 0.6) is 5.75 Å². The minimum absolute atomic E-state index is 0.395. The number of aliphatic hydroxyl groups excluding tert-OH is 1. The van der Waals surface area contributed by atoms with Crippen LogP contribution in [0.4, 0.5) is 0 Å². The van der Waals surface area contributed by atoms with E-state index in [1.165, 1.54) is 0 Å². The third-order valence-electron chi connectivity index (χ3n) is 3.16. The van der Waals surface area contributed by atoms with Gasteiger partial charge in [0.25, 0.3) is 0 Å². The lowest BCUT2D eigenvalue weighted by Gasteiger charge is -2.16. The molecule has 0 aliphatic rings. The summed E-state index contributed by atoms with van der Waals surface area (Å²) in [5.74, 6) is 0.502. The quantitative estimate of drug-likeness (QED) is 0.800. The number of aliphatic hydroxyl groups is 1. The molecule has 0 fully saturated rings. The molecule has 2 nitrogen and oxygen atoms in total. The van der Waals surface area contributed by atoms with E-state index in [0.717, 1.165) is 5.56 Å². The Balaban J connectivity index is 2.40. The van der Waals surface area contributed by atoms with E-state index in [4.69, 9.17) is 39.5 Å². The van der Waals surface area contributed by atoms with Gasteiger partial charge in [0.15, 0.2) is 0 Å². The summed E-state index contributed by atoms with van der Waals surface area (Å²) < 4.78 is 5.37. The molecule has 2 aromatic carbocycles. The SMILES string of the molecule is CCOc1cc(Cl)c(C(O)c2ccc(C)c(Cl)c2)cc1Cl. The number of benzene rings is 2. The van der Waals surface area contributed by atoms with Crippen molar-refractivity contribution in [1.29, 1.82) is 0 Å². The molecule has 2 aromatic rings. The van der Waals surface area contributed by atoms with E-state index in [-0.39, 0.29) is 0 Å². The van der Waals surface area contributed by atoms with Gasteiger partial charge in [-0.2, -0.15) is 0 Å². The highest BCUT2D eigenvalue weighted by Gasteiger charge is 2.17. The summed E-state index contributed by atoms with van der Waals surface area (Å²) in [4.78, 5) is 0. The summed E-state index contributed by atoms with van der Waals surface area (Å²) in [6.07, 6.45) is -0.899. The van der Waals surface area contributed by atoms with Gasteiger partial charge in [0, 0.05) is 16.7 Å². The first-order valence-corrected chi connectivity index (χ1v) is 7.63. The van der Waals surface area contributed by atoms with Gasteiger partial charge in [-0.3, -0.25) is 0 Å². The zero-order chi connectivity index (χ0) is 15.6. The Bertz CT molecular complexity index is 656. The monoisotopic (exact) mass is 344 g/mol. The van der Waals surface area contributed by atoms with Gasteiger partial charge in [0.1, 0.15) is 11.9 Å². The lowest BCUT2D eigenvalue weighted by Crippen LogP contribution is -2.02. The number of hydrogen-bond acceptors (Lipinski definition) is 2. The van der Waals surface area contributed by atoms with Gasteiger partial charge >= 0.3 is 0 Å². The number of ether oxygens (including phenoxy) is 1. The Kier molecular flexibility index (Phi) is 5.39. The molecule has 0 aliphatic heterocycles. The van der Waals surface area contributed by atoms with Crippen LogP contribution in [0.1, 0.15) is 29.7 Å². The van der Waals surface area contributed by atoms with Crippen molar-refractivity contribution < 1.29 is 9.84 Å². The highest BCUT2D eigenvalue weighted by molar-refractivity contribution is 6.34. The van der Waals surface area contributed by atoms with E-state index >= 15 is 0 Å². The summed E-state index contributed by atoms with van der Waals surface area (Å²) >= 11 is 18.5. The highest BCUT2D eigenvalue weighted by atomic mass is 35.5. The van der Waals surface area contributed by atoms with E-state index in [1.54, 1.807) is 18.2 Å². The van der Waals surface area contributed by atoms with Crippen LogP contribution in [0.3, 0.4) is 0 Å². The molecule has 1 unspecified atom stereocenters. The van der Waals surface area contributed by atoms with Gasteiger partial charge in [0.05, 0.1) is 16.7 Å². The van der Waals surface area contributed by atoms with Crippen LogP contribution in [0.25, 0.3) is 0 Å². The molecule has 0 amide bonds. The van der Waals surface area contributed by atoms with E-state index < -0.39 is 6.10 Å². The normalized spacial score (nSPS) is 12.3. The Morgan fingerprint density at radius 3 is 2.38 bits per heavy atom. The second-order valence-electron chi connectivity index (χ2n) is 4.65. The van der Waals surface area contributed by atoms with E-state index in [1.807, 2.05) is 26.0 Å². The molecule has 0 heterocycles. The van der Waals surface area contributed by atoms with E-state index in [0.29, 0.717) is 38.6 Å². The summed E-state index contributed by atoms with van der Waals surface area (Å²) in [6.45, 7) is 4.26. The average Bonchev–Trinajstić information content (AvgIpc) is 2.45. The van der Waals surface area contributed by atoms with E-state index in [2.05, 4.69) is 0 Å². The smallest absolute Gasteiger partial charge is 0.139 e. The van der Waals surface area contributed by atoms with Gasteiger partial charge in [-0.1, -0.05) is 46.9 Å². The van der Waals surface area contributed by atoms with Gasteiger partial charge in [0.2, 0.25) is 0 Å². The Labute approximate surface area is 139 Å². The number of hydrogen-bond donors (Lipinski definition) is 1. The first kappa shape index (κ1) is 16.4. The van der Waals surface area contributed by atoms with Crippen molar-refractivity contribution in [3.05, 3.63) is 62.1 Å². The summed E-state index contributed by atoms with van der Waals surface area (Å²) in [5, 5.41) is 11.9. The first-order chi connectivity index (χ1) is 9.93. The third kappa shape index (κ3) is 3.64. The molecule has 0 saturated carbocycles. The van der Waals surface area contributed by atoms with Crippen LogP contribution in [-0.2, 0) is 0 Å². The molecule has 0 spiro atoms. The molecule has 0 aromatic heterocycles. The summed E-state index contributed by atoms with van der Waals surface area (Å²) in [6, 6.07) is 8.62. The van der Waals surface area contributed by atoms with Gasteiger partial charge in [-0.05, 0) is 37.1 Å². The fraction of sp³-hybridized carbons (Fsp3) is 0.250. The third-order valence-corrected chi connectivity index (χ3v) is 4.19. The molecule has 0 saturated heterocycles. The van der Waals surface area contributed by atoms with Crippen LogP contribution < -0.4 is 4.74 Å². The van der Waals surface area contributed by atoms with Crippen molar-refractivity contribution in [2.24, 2.45) is 0 Å². The van der Waals surface area contributed by atoms with Crippen LogP contribution in [0.2, 0.25) is 15.1 Å². The molecule has 1 N–H and O–H groups in total. The molecule has 0 bridgehead atoms. The lowest BCUT2D eigenvalue weighted by molar-refractivity contribution is 0.220. The molecule has 1 atom stereocenters. The zero-order valence-electron chi connectivity index (χ0n) is 11.7. The van der Waals surface area contributed by atoms with Crippen molar-refractivity contribution in [2.45, 2.75) is 20.0 Å². The molecule has 5 heteroatoms. The fourth-order valence-corrected chi connectivity index (χ4v) is 2.65. The van der Waals surface area contributed by atoms with Crippen molar-refractivity contribution in [1.82, 2.24) is 0 Å². The number of rotatable bonds is 4. The largest absolute Gasteiger partial charge is 0.492 e. The Morgan fingerprint density at radius 1 is 1.05 bits per heavy atom. The lowest BCUT2D eigenvalue weighted by atomic mass is 10.0. The van der Waals surface area contributed by atoms with Crippen LogP contribution in [-0.4, -0.2) is 11.7 Å². The molecule has 0 aliphatic carbocycles. The number of halogens is 3.